The van der Waals surface area contributed by atoms with Gasteiger partial charge in [0.25, 0.3) is 0 Å². The number of rotatable bonds is 5. The summed E-state index contributed by atoms with van der Waals surface area (Å²) in [5, 5.41) is 14.6. The number of hydrogen-bond donors (Lipinski definition) is 1. The van der Waals surface area contributed by atoms with Gasteiger partial charge in [-0.2, -0.15) is 0 Å². The maximum absolute atomic E-state index is 12.8. The molecule has 0 amide bonds. The van der Waals surface area contributed by atoms with E-state index in [0.717, 1.165) is 117 Å². The minimum absolute atomic E-state index is 0.125. The molecular formula is C49H34N4O2. The van der Waals surface area contributed by atoms with Crippen molar-refractivity contribution in [2.75, 3.05) is 17.3 Å². The Kier molecular flexibility index (Phi) is 6.57. The van der Waals surface area contributed by atoms with Crippen LogP contribution in [0.3, 0.4) is 0 Å². The number of aromatic nitrogens is 2. The van der Waals surface area contributed by atoms with Crippen molar-refractivity contribution in [3.63, 3.8) is 0 Å². The highest BCUT2D eigenvalue weighted by atomic mass is 16.1. The van der Waals surface area contributed by atoms with Gasteiger partial charge in [-0.1, -0.05) is 97.1 Å². The quantitative estimate of drug-likeness (QED) is 0.109. The number of carbonyl (C=O) groups is 2. The monoisotopic (exact) mass is 710 g/mol. The van der Waals surface area contributed by atoms with E-state index in [1.54, 1.807) is 0 Å². The third-order valence-corrected chi connectivity index (χ3v) is 12.1. The maximum atomic E-state index is 12.8. The van der Waals surface area contributed by atoms with Crippen LogP contribution in [0.5, 0.6) is 0 Å². The molecule has 2 heterocycles. The molecule has 262 valence electrons. The van der Waals surface area contributed by atoms with Gasteiger partial charge in [0, 0.05) is 47.1 Å². The van der Waals surface area contributed by atoms with E-state index in [9.17, 15) is 9.59 Å². The van der Waals surface area contributed by atoms with Gasteiger partial charge in [-0.05, 0) is 97.0 Å². The number of aldehydes is 2. The zero-order valence-electron chi connectivity index (χ0n) is 30.5. The van der Waals surface area contributed by atoms with E-state index in [2.05, 4.69) is 114 Å². The third-order valence-electron chi connectivity index (χ3n) is 12.1. The van der Waals surface area contributed by atoms with Gasteiger partial charge in [-0.25, -0.2) is 4.98 Å². The van der Waals surface area contributed by atoms with Gasteiger partial charge in [-0.3, -0.25) is 9.59 Å². The van der Waals surface area contributed by atoms with Crippen molar-refractivity contribution in [3.8, 4) is 22.5 Å². The second-order valence-electron chi connectivity index (χ2n) is 14.8. The Morgan fingerprint density at radius 2 is 1.22 bits per heavy atom. The highest BCUT2D eigenvalue weighted by molar-refractivity contribution is 6.36. The first kappa shape index (κ1) is 31.5. The van der Waals surface area contributed by atoms with Crippen LogP contribution >= 0.6 is 0 Å². The van der Waals surface area contributed by atoms with Crippen LogP contribution in [0.2, 0.25) is 0 Å². The molecule has 0 spiro atoms. The van der Waals surface area contributed by atoms with Crippen molar-refractivity contribution >= 4 is 88.8 Å². The number of para-hydroxylation sites is 4. The second-order valence-corrected chi connectivity index (χ2v) is 14.8. The summed E-state index contributed by atoms with van der Waals surface area (Å²) >= 11 is 0. The van der Waals surface area contributed by atoms with E-state index in [1.807, 2.05) is 49.5 Å². The summed E-state index contributed by atoms with van der Waals surface area (Å²) in [6, 6.07) is 44.3. The van der Waals surface area contributed by atoms with E-state index < -0.39 is 0 Å². The molecule has 0 saturated carbocycles. The molecule has 55 heavy (non-hydrogen) atoms. The zero-order chi connectivity index (χ0) is 37.1. The van der Waals surface area contributed by atoms with Crippen LogP contribution in [-0.2, 0) is 7.05 Å². The fraction of sp³-hybridized carbons (Fsp3) is 0.0816. The SMILES string of the molecule is Cc1ccc(C=O)c2c(-c3nc4ccccc4n3C)ccc(-c3ccc4c5ccc(C=O)c6c(C7Nc8ccccc8N7C)ccc(c7cccc3c47)c65)c12. The second kappa shape index (κ2) is 11.5. The molecule has 0 aliphatic carbocycles. The Balaban J connectivity index is 1.18. The summed E-state index contributed by atoms with van der Waals surface area (Å²) in [7, 11) is 4.14. The molecular weight excluding hydrogens is 677 g/mol. The molecule has 1 unspecified atom stereocenters. The standard InChI is InChI=1S/C49H34N4O2/c1-27-15-16-28(25-54)44-37(48-50-39-11-4-6-13-41(39)52(48)2)23-21-33(43(27)44)30-19-20-34-35-18-17-29(26-55)45-38(49-51-40-12-5-7-14-42(40)53(49)3)24-22-36(47(35)45)32-10-8-9-31(30)46(32)34/h4-26,49,51H,1-3H3. The number of carbonyl (C=O) groups excluding carboxylic acids is 2. The molecule has 6 heteroatoms. The number of nitrogens with zero attached hydrogens (tertiary/aromatic N) is 3. The fourth-order valence-electron chi connectivity index (χ4n) is 9.58. The lowest BCUT2D eigenvalue weighted by atomic mass is 9.83. The topological polar surface area (TPSA) is 67.2 Å². The van der Waals surface area contributed by atoms with E-state index in [1.165, 1.54) is 5.39 Å². The molecule has 6 nitrogen and oxygen atoms in total. The van der Waals surface area contributed by atoms with Crippen LogP contribution < -0.4 is 10.2 Å². The highest BCUT2D eigenvalue weighted by Gasteiger charge is 2.30. The summed E-state index contributed by atoms with van der Waals surface area (Å²) < 4.78 is 2.11. The first-order valence-electron chi connectivity index (χ1n) is 18.6. The van der Waals surface area contributed by atoms with Crippen molar-refractivity contribution < 1.29 is 9.59 Å². The molecule has 10 aromatic rings. The van der Waals surface area contributed by atoms with Gasteiger partial charge in [0.05, 0.1) is 22.4 Å². The van der Waals surface area contributed by atoms with E-state index in [-0.39, 0.29) is 6.17 Å². The summed E-state index contributed by atoms with van der Waals surface area (Å²) in [5.74, 6) is 0.824. The van der Waals surface area contributed by atoms with Gasteiger partial charge in [-0.15, -0.1) is 0 Å². The van der Waals surface area contributed by atoms with Crippen molar-refractivity contribution in [1.29, 1.82) is 0 Å². The van der Waals surface area contributed by atoms with Gasteiger partial charge in [0.1, 0.15) is 12.0 Å². The number of fused-ring (bicyclic) bond motifs is 5. The molecule has 1 atom stereocenters. The molecule has 0 fully saturated rings. The van der Waals surface area contributed by atoms with Crippen LogP contribution in [0.4, 0.5) is 11.4 Å². The normalized spacial score (nSPS) is 14.2. The van der Waals surface area contributed by atoms with Crippen molar-refractivity contribution in [3.05, 3.63) is 150 Å². The average molecular weight is 711 g/mol. The Morgan fingerprint density at radius 3 is 2.04 bits per heavy atom. The Hall–Kier alpha value is -7.05. The molecule has 11 rings (SSSR count). The van der Waals surface area contributed by atoms with E-state index in [4.69, 9.17) is 4.98 Å². The number of hydrogen-bond acceptors (Lipinski definition) is 5. The Morgan fingerprint density at radius 1 is 0.564 bits per heavy atom. The predicted molar refractivity (Wildman–Crippen MR) is 227 cm³/mol. The first-order valence-corrected chi connectivity index (χ1v) is 18.6. The van der Waals surface area contributed by atoms with Crippen molar-refractivity contribution in [1.82, 2.24) is 9.55 Å². The molecule has 0 saturated heterocycles. The number of nitrogens with one attached hydrogen (secondary N) is 1. The molecule has 0 radical (unpaired) electrons. The number of anilines is 2. The first-order chi connectivity index (χ1) is 27.0. The Bertz CT molecular complexity index is 3270. The highest BCUT2D eigenvalue weighted by Crippen LogP contribution is 2.49. The maximum Gasteiger partial charge on any atom is 0.150 e. The largest absolute Gasteiger partial charge is 0.360 e. The molecule has 9 aromatic carbocycles. The van der Waals surface area contributed by atoms with Gasteiger partial charge < -0.3 is 14.8 Å². The van der Waals surface area contributed by atoms with Crippen molar-refractivity contribution in [2.45, 2.75) is 13.1 Å². The smallest absolute Gasteiger partial charge is 0.150 e. The van der Waals surface area contributed by atoms with Crippen LogP contribution in [0.1, 0.15) is 38.0 Å². The van der Waals surface area contributed by atoms with Gasteiger partial charge in [0.2, 0.25) is 0 Å². The van der Waals surface area contributed by atoms with E-state index in [0.29, 0.717) is 11.1 Å². The summed E-state index contributed by atoms with van der Waals surface area (Å²) in [6.45, 7) is 2.12. The van der Waals surface area contributed by atoms with Gasteiger partial charge >= 0.3 is 0 Å². The van der Waals surface area contributed by atoms with Crippen LogP contribution in [0.15, 0.2) is 127 Å². The zero-order valence-corrected chi connectivity index (χ0v) is 30.5. The predicted octanol–water partition coefficient (Wildman–Crippen LogP) is 11.6. The summed E-state index contributed by atoms with van der Waals surface area (Å²) in [5.41, 5.74) is 10.8. The molecule has 1 aliphatic rings. The molecule has 1 aromatic heterocycles. The van der Waals surface area contributed by atoms with Gasteiger partial charge in [0.15, 0.2) is 12.6 Å². The summed E-state index contributed by atoms with van der Waals surface area (Å²) in [6.07, 6.45) is 1.83. The lowest BCUT2D eigenvalue weighted by Gasteiger charge is -2.26. The fourth-order valence-corrected chi connectivity index (χ4v) is 9.58. The molecule has 1 N–H and O–H groups in total. The minimum Gasteiger partial charge on any atom is -0.360 e. The number of aryl methyl sites for hydroxylation is 2. The van der Waals surface area contributed by atoms with Crippen LogP contribution in [-0.4, -0.2) is 29.2 Å². The van der Waals surface area contributed by atoms with Crippen LogP contribution in [0.25, 0.3) is 87.4 Å². The minimum atomic E-state index is -0.125. The lowest BCUT2D eigenvalue weighted by Crippen LogP contribution is -2.24. The third kappa shape index (κ3) is 4.22. The van der Waals surface area contributed by atoms with Crippen molar-refractivity contribution in [2.24, 2.45) is 7.05 Å². The van der Waals surface area contributed by atoms with Crippen LogP contribution in [0, 0.1) is 6.92 Å². The number of imidazole rings is 1. The lowest BCUT2D eigenvalue weighted by molar-refractivity contribution is 0.111. The number of benzene rings is 9. The summed E-state index contributed by atoms with van der Waals surface area (Å²) in [4.78, 5) is 32.8. The molecule has 0 bridgehead atoms. The molecule has 1 aliphatic heterocycles. The Labute approximate surface area is 316 Å². The van der Waals surface area contributed by atoms with E-state index >= 15 is 0 Å². The average Bonchev–Trinajstić information content (AvgIpc) is 3.75.